The van der Waals surface area contributed by atoms with Crippen molar-refractivity contribution in [3.63, 3.8) is 0 Å². The second-order valence-electron chi connectivity index (χ2n) is 4.62. The second kappa shape index (κ2) is 5.69. The minimum absolute atomic E-state index is 0.182. The Hall–Kier alpha value is -2.53. The number of nitrogens with one attached hydrogen (secondary N) is 1. The summed E-state index contributed by atoms with van der Waals surface area (Å²) in [5, 5.41) is 3.11. The summed E-state index contributed by atoms with van der Waals surface area (Å²) in [7, 11) is 0. The highest BCUT2D eigenvalue weighted by Crippen LogP contribution is 2.18. The van der Waals surface area contributed by atoms with Crippen LogP contribution in [0, 0.1) is 11.6 Å². The van der Waals surface area contributed by atoms with Gasteiger partial charge in [-0.2, -0.15) is 0 Å². The molecule has 6 heteroatoms. The summed E-state index contributed by atoms with van der Waals surface area (Å²) < 4.78 is 26.2. The Bertz CT molecular complexity index is 813. The predicted octanol–water partition coefficient (Wildman–Crippen LogP) is 3.54. The number of nitrogens with zero attached hydrogens (tertiary/aromatic N) is 1. The van der Waals surface area contributed by atoms with E-state index < -0.39 is 17.5 Å². The van der Waals surface area contributed by atoms with Crippen LogP contribution in [-0.2, 0) is 4.79 Å². The van der Waals surface area contributed by atoms with Crippen LogP contribution in [0.25, 0.3) is 6.08 Å². The monoisotopic (exact) mass is 318 g/mol. The SMILES string of the molecule is O=C1NC(c2ccc(F)c(F)c2)=N/C1=C/c1ccc(Cl)cc1. The molecule has 3 nitrogen and oxygen atoms in total. The third-order valence-electron chi connectivity index (χ3n) is 3.06. The largest absolute Gasteiger partial charge is 0.305 e. The lowest BCUT2D eigenvalue weighted by Crippen LogP contribution is -2.24. The van der Waals surface area contributed by atoms with Gasteiger partial charge in [0.25, 0.3) is 5.91 Å². The van der Waals surface area contributed by atoms with E-state index in [1.54, 1.807) is 30.3 Å². The van der Waals surface area contributed by atoms with Crippen molar-refractivity contribution in [3.8, 4) is 0 Å². The van der Waals surface area contributed by atoms with E-state index >= 15 is 0 Å². The number of aliphatic imine (C=N–C) groups is 1. The molecular weight excluding hydrogens is 310 g/mol. The fraction of sp³-hybridized carbons (Fsp3) is 0. The van der Waals surface area contributed by atoms with Gasteiger partial charge in [-0.3, -0.25) is 4.79 Å². The highest BCUT2D eigenvalue weighted by molar-refractivity contribution is 6.30. The molecule has 0 spiro atoms. The maximum Gasteiger partial charge on any atom is 0.275 e. The molecule has 1 N–H and O–H groups in total. The van der Waals surface area contributed by atoms with Crippen molar-refractivity contribution in [1.29, 1.82) is 0 Å². The molecular formula is C16H9ClF2N2O. The summed E-state index contributed by atoms with van der Waals surface area (Å²) in [6.07, 6.45) is 1.58. The number of rotatable bonds is 2. The fourth-order valence-corrected chi connectivity index (χ4v) is 2.09. The van der Waals surface area contributed by atoms with E-state index in [1.165, 1.54) is 6.07 Å². The topological polar surface area (TPSA) is 41.5 Å². The number of halogens is 3. The van der Waals surface area contributed by atoms with Gasteiger partial charge in [-0.05, 0) is 42.0 Å². The Balaban J connectivity index is 1.94. The molecule has 0 atom stereocenters. The van der Waals surface area contributed by atoms with Crippen LogP contribution in [0.15, 0.2) is 53.2 Å². The third kappa shape index (κ3) is 2.89. The summed E-state index contributed by atoms with van der Waals surface area (Å²) in [6.45, 7) is 0. The summed E-state index contributed by atoms with van der Waals surface area (Å²) in [5.41, 5.74) is 1.23. The van der Waals surface area contributed by atoms with Crippen LogP contribution >= 0.6 is 11.6 Å². The molecule has 2 aromatic rings. The third-order valence-corrected chi connectivity index (χ3v) is 3.32. The molecule has 1 aliphatic heterocycles. The molecule has 0 bridgehead atoms. The van der Waals surface area contributed by atoms with Crippen molar-refractivity contribution in [2.75, 3.05) is 0 Å². The highest BCUT2D eigenvalue weighted by atomic mass is 35.5. The van der Waals surface area contributed by atoms with Gasteiger partial charge in [0.15, 0.2) is 11.6 Å². The van der Waals surface area contributed by atoms with Gasteiger partial charge >= 0.3 is 0 Å². The molecule has 0 saturated heterocycles. The predicted molar refractivity (Wildman–Crippen MR) is 80.5 cm³/mol. The van der Waals surface area contributed by atoms with Crippen molar-refractivity contribution in [1.82, 2.24) is 5.32 Å². The Morgan fingerprint density at radius 1 is 1.05 bits per heavy atom. The Morgan fingerprint density at radius 3 is 2.45 bits per heavy atom. The van der Waals surface area contributed by atoms with Crippen molar-refractivity contribution in [2.45, 2.75) is 0 Å². The zero-order valence-electron chi connectivity index (χ0n) is 11.1. The molecule has 3 rings (SSSR count). The van der Waals surface area contributed by atoms with E-state index in [9.17, 15) is 13.6 Å². The van der Waals surface area contributed by atoms with Gasteiger partial charge in [0, 0.05) is 10.6 Å². The molecule has 0 radical (unpaired) electrons. The number of hydrogen-bond acceptors (Lipinski definition) is 2. The Labute approximate surface area is 129 Å². The summed E-state index contributed by atoms with van der Waals surface area (Å²) in [5.74, 6) is -2.17. The summed E-state index contributed by atoms with van der Waals surface area (Å²) in [6, 6.07) is 10.2. The van der Waals surface area contributed by atoms with Gasteiger partial charge < -0.3 is 5.32 Å². The van der Waals surface area contributed by atoms with E-state index in [2.05, 4.69) is 10.3 Å². The molecule has 110 valence electrons. The summed E-state index contributed by atoms with van der Waals surface area (Å²) in [4.78, 5) is 16.0. The van der Waals surface area contributed by atoms with Gasteiger partial charge in [0.05, 0.1) is 0 Å². The standard InChI is InChI=1S/C16H9ClF2N2O/c17-11-4-1-9(2-5-11)7-14-16(22)21-15(20-14)10-3-6-12(18)13(19)8-10/h1-8H,(H,20,21,22)/b14-7+. The average Bonchev–Trinajstić information content (AvgIpc) is 2.85. The fourth-order valence-electron chi connectivity index (χ4n) is 1.97. The van der Waals surface area contributed by atoms with Crippen LogP contribution in [0.1, 0.15) is 11.1 Å². The van der Waals surface area contributed by atoms with Crippen LogP contribution < -0.4 is 5.32 Å². The van der Waals surface area contributed by atoms with Crippen LogP contribution in [0.4, 0.5) is 8.78 Å². The number of benzene rings is 2. The number of hydrogen-bond donors (Lipinski definition) is 1. The Morgan fingerprint density at radius 2 is 1.77 bits per heavy atom. The van der Waals surface area contributed by atoms with Crippen molar-refractivity contribution in [3.05, 3.63) is 75.9 Å². The Kier molecular flexibility index (Phi) is 3.73. The molecule has 2 aromatic carbocycles. The average molecular weight is 319 g/mol. The first-order valence-corrected chi connectivity index (χ1v) is 6.73. The summed E-state index contributed by atoms with van der Waals surface area (Å²) >= 11 is 5.79. The number of amides is 1. The molecule has 0 saturated carbocycles. The number of carbonyl (C=O) groups excluding carboxylic acids is 1. The first-order chi connectivity index (χ1) is 10.5. The van der Waals surface area contributed by atoms with Gasteiger partial charge in [-0.25, -0.2) is 13.8 Å². The van der Waals surface area contributed by atoms with Gasteiger partial charge in [0.2, 0.25) is 0 Å². The molecule has 0 fully saturated rings. The molecule has 22 heavy (non-hydrogen) atoms. The van der Waals surface area contributed by atoms with E-state index in [0.717, 1.165) is 17.7 Å². The maximum absolute atomic E-state index is 13.2. The molecule has 0 aliphatic carbocycles. The molecule has 1 aliphatic rings. The molecule has 0 aromatic heterocycles. The first kappa shape index (κ1) is 14.4. The van der Waals surface area contributed by atoms with Crippen LogP contribution in [-0.4, -0.2) is 11.7 Å². The minimum Gasteiger partial charge on any atom is -0.305 e. The lowest BCUT2D eigenvalue weighted by atomic mass is 10.2. The van der Waals surface area contributed by atoms with Crippen molar-refractivity contribution >= 4 is 29.4 Å². The number of amidine groups is 1. The van der Waals surface area contributed by atoms with Crippen LogP contribution in [0.2, 0.25) is 5.02 Å². The van der Waals surface area contributed by atoms with Crippen LogP contribution in [0.3, 0.4) is 0 Å². The van der Waals surface area contributed by atoms with E-state index in [1.807, 2.05) is 0 Å². The smallest absolute Gasteiger partial charge is 0.275 e. The van der Waals surface area contributed by atoms with E-state index in [-0.39, 0.29) is 11.5 Å². The van der Waals surface area contributed by atoms with Crippen LogP contribution in [0.5, 0.6) is 0 Å². The van der Waals surface area contributed by atoms with Gasteiger partial charge in [-0.1, -0.05) is 23.7 Å². The first-order valence-electron chi connectivity index (χ1n) is 6.36. The van der Waals surface area contributed by atoms with Gasteiger partial charge in [-0.15, -0.1) is 0 Å². The van der Waals surface area contributed by atoms with Crippen molar-refractivity contribution in [2.24, 2.45) is 4.99 Å². The minimum atomic E-state index is -0.996. The lowest BCUT2D eigenvalue weighted by molar-refractivity contribution is -0.115. The highest BCUT2D eigenvalue weighted by Gasteiger charge is 2.21. The quantitative estimate of drug-likeness (QED) is 0.846. The molecule has 0 unspecified atom stereocenters. The van der Waals surface area contributed by atoms with Crippen molar-refractivity contribution < 1.29 is 13.6 Å². The maximum atomic E-state index is 13.2. The van der Waals surface area contributed by atoms with Gasteiger partial charge in [0.1, 0.15) is 11.5 Å². The second-order valence-corrected chi connectivity index (χ2v) is 5.06. The lowest BCUT2D eigenvalue weighted by Gasteiger charge is -2.00. The molecule has 1 amide bonds. The normalized spacial score (nSPS) is 15.9. The molecule has 1 heterocycles. The zero-order valence-corrected chi connectivity index (χ0v) is 11.9. The van der Waals surface area contributed by atoms with E-state index in [4.69, 9.17) is 11.6 Å². The zero-order chi connectivity index (χ0) is 15.7. The van der Waals surface area contributed by atoms with E-state index in [0.29, 0.717) is 10.6 Å². The number of carbonyl (C=O) groups is 1.